The average Bonchev–Trinajstić information content (AvgIpc) is 2.67. The molecule has 0 aromatic heterocycles. The molecule has 4 saturated heterocycles. The number of likely N-dealkylation sites (tertiary alicyclic amines) is 1. The third kappa shape index (κ3) is 3.52. The fourth-order valence-corrected chi connectivity index (χ4v) is 5.45. The Labute approximate surface area is 161 Å². The standard InChI is InChI=1S/C20H32N4O3/c1-14(2)19(26)21-6-8-22(9-7-21)20(27)23-11-15-10-16(13-23)17-4-3-5-18(25)24(17)12-15/h14-17H,3-13H2,1-2H3/t15?,16?,17-/m1/s1. The van der Waals surface area contributed by atoms with Gasteiger partial charge in [0.2, 0.25) is 11.8 Å². The average molecular weight is 377 g/mol. The lowest BCUT2D eigenvalue weighted by Crippen LogP contribution is -2.63. The Morgan fingerprint density at radius 3 is 2.37 bits per heavy atom. The van der Waals surface area contributed by atoms with Crippen LogP contribution in [0.2, 0.25) is 0 Å². The third-order valence-electron chi connectivity index (χ3n) is 6.81. The van der Waals surface area contributed by atoms with E-state index in [1.807, 2.05) is 28.5 Å². The number of rotatable bonds is 1. The van der Waals surface area contributed by atoms with Gasteiger partial charge in [-0.05, 0) is 31.1 Å². The first-order chi connectivity index (χ1) is 12.9. The van der Waals surface area contributed by atoms with Gasteiger partial charge in [-0.15, -0.1) is 0 Å². The van der Waals surface area contributed by atoms with Gasteiger partial charge in [-0.25, -0.2) is 4.79 Å². The van der Waals surface area contributed by atoms with E-state index in [0.717, 1.165) is 38.9 Å². The number of fused-ring (bicyclic) bond motifs is 4. The van der Waals surface area contributed by atoms with E-state index in [1.165, 1.54) is 0 Å². The molecule has 0 aromatic rings. The Balaban J connectivity index is 1.36. The molecule has 7 nitrogen and oxygen atoms in total. The van der Waals surface area contributed by atoms with Crippen LogP contribution in [-0.4, -0.2) is 89.3 Å². The van der Waals surface area contributed by atoms with Crippen LogP contribution in [0, 0.1) is 17.8 Å². The van der Waals surface area contributed by atoms with Crippen molar-refractivity contribution in [3.63, 3.8) is 0 Å². The highest BCUT2D eigenvalue weighted by Crippen LogP contribution is 2.38. The summed E-state index contributed by atoms with van der Waals surface area (Å²) in [6.07, 6.45) is 3.91. The van der Waals surface area contributed by atoms with Crippen LogP contribution >= 0.6 is 0 Å². The highest BCUT2D eigenvalue weighted by molar-refractivity contribution is 5.79. The highest BCUT2D eigenvalue weighted by Gasteiger charge is 2.45. The first-order valence-electron chi connectivity index (χ1n) is 10.6. The quantitative estimate of drug-likeness (QED) is 0.692. The molecular weight excluding hydrogens is 344 g/mol. The molecule has 4 rings (SSSR count). The predicted molar refractivity (Wildman–Crippen MR) is 101 cm³/mol. The molecule has 150 valence electrons. The van der Waals surface area contributed by atoms with Crippen molar-refractivity contribution in [3.05, 3.63) is 0 Å². The molecular formula is C20H32N4O3. The van der Waals surface area contributed by atoms with Crippen molar-refractivity contribution in [2.45, 2.75) is 45.6 Å². The zero-order valence-corrected chi connectivity index (χ0v) is 16.6. The van der Waals surface area contributed by atoms with Crippen LogP contribution in [-0.2, 0) is 9.59 Å². The summed E-state index contributed by atoms with van der Waals surface area (Å²) < 4.78 is 0. The molecule has 7 heteroatoms. The molecule has 0 aliphatic carbocycles. The van der Waals surface area contributed by atoms with E-state index in [-0.39, 0.29) is 17.9 Å². The maximum absolute atomic E-state index is 13.1. The molecule has 0 radical (unpaired) electrons. The fourth-order valence-electron chi connectivity index (χ4n) is 5.45. The van der Waals surface area contributed by atoms with Gasteiger partial charge in [0.1, 0.15) is 0 Å². The Kier molecular flexibility index (Phi) is 5.03. The van der Waals surface area contributed by atoms with Crippen LogP contribution in [0.5, 0.6) is 0 Å². The first-order valence-corrected chi connectivity index (χ1v) is 10.6. The van der Waals surface area contributed by atoms with E-state index in [9.17, 15) is 14.4 Å². The molecule has 4 amide bonds. The van der Waals surface area contributed by atoms with Crippen LogP contribution in [0.1, 0.15) is 39.5 Å². The maximum atomic E-state index is 13.1. The lowest BCUT2D eigenvalue weighted by Gasteiger charge is -2.53. The van der Waals surface area contributed by atoms with Crippen molar-refractivity contribution < 1.29 is 14.4 Å². The normalized spacial score (nSPS) is 31.2. The summed E-state index contributed by atoms with van der Waals surface area (Å²) in [6, 6.07) is 0.454. The smallest absolute Gasteiger partial charge is 0.320 e. The number of piperazine rings is 1. The zero-order chi connectivity index (χ0) is 19.1. The summed E-state index contributed by atoms with van der Waals surface area (Å²) in [7, 11) is 0. The minimum absolute atomic E-state index is 0.00914. The maximum Gasteiger partial charge on any atom is 0.320 e. The van der Waals surface area contributed by atoms with Gasteiger partial charge in [0.25, 0.3) is 0 Å². The van der Waals surface area contributed by atoms with E-state index >= 15 is 0 Å². The summed E-state index contributed by atoms with van der Waals surface area (Å²) >= 11 is 0. The molecule has 2 bridgehead atoms. The van der Waals surface area contributed by atoms with Crippen LogP contribution < -0.4 is 0 Å². The summed E-state index contributed by atoms with van der Waals surface area (Å²) in [6.45, 7) is 8.71. The highest BCUT2D eigenvalue weighted by atomic mass is 16.2. The SMILES string of the molecule is CC(C)C(=O)N1CCN(C(=O)N2CC3CC(C2)[C@H]2CCCC(=O)N2C3)CC1. The number of carbonyl (C=O) groups is 3. The zero-order valence-electron chi connectivity index (χ0n) is 16.6. The molecule has 0 N–H and O–H groups in total. The predicted octanol–water partition coefficient (Wildman–Crippen LogP) is 1.24. The van der Waals surface area contributed by atoms with Crippen molar-refractivity contribution >= 4 is 17.8 Å². The molecule has 4 fully saturated rings. The minimum Gasteiger partial charge on any atom is -0.339 e. The van der Waals surface area contributed by atoms with Gasteiger partial charge in [-0.3, -0.25) is 9.59 Å². The summed E-state index contributed by atoms with van der Waals surface area (Å²) in [5.41, 5.74) is 0. The van der Waals surface area contributed by atoms with Crippen LogP contribution in [0.3, 0.4) is 0 Å². The van der Waals surface area contributed by atoms with Gasteiger partial charge >= 0.3 is 6.03 Å². The Hall–Kier alpha value is -1.79. The lowest BCUT2D eigenvalue weighted by molar-refractivity contribution is -0.144. The van der Waals surface area contributed by atoms with E-state index in [1.54, 1.807) is 0 Å². The molecule has 0 spiro atoms. The van der Waals surface area contributed by atoms with Gasteiger partial charge in [0, 0.05) is 64.2 Å². The topological polar surface area (TPSA) is 64.2 Å². The van der Waals surface area contributed by atoms with E-state index in [4.69, 9.17) is 0 Å². The van der Waals surface area contributed by atoms with E-state index in [2.05, 4.69) is 4.90 Å². The number of urea groups is 1. The fraction of sp³-hybridized carbons (Fsp3) is 0.850. The van der Waals surface area contributed by atoms with Crippen molar-refractivity contribution in [1.29, 1.82) is 0 Å². The van der Waals surface area contributed by atoms with Gasteiger partial charge < -0.3 is 19.6 Å². The number of hydrogen-bond acceptors (Lipinski definition) is 3. The largest absolute Gasteiger partial charge is 0.339 e. The summed E-state index contributed by atoms with van der Waals surface area (Å²) in [4.78, 5) is 45.4. The second-order valence-corrected chi connectivity index (χ2v) is 9.02. The number of hydrogen-bond donors (Lipinski definition) is 0. The minimum atomic E-state index is 0.00914. The molecule has 4 aliphatic heterocycles. The number of nitrogens with zero attached hydrogens (tertiary/aromatic N) is 4. The molecule has 0 aromatic carbocycles. The Bertz CT molecular complexity index is 614. The number of carbonyl (C=O) groups excluding carboxylic acids is 3. The van der Waals surface area contributed by atoms with Gasteiger partial charge in [0.05, 0.1) is 0 Å². The number of piperidine rings is 3. The van der Waals surface area contributed by atoms with E-state index in [0.29, 0.717) is 56.4 Å². The van der Waals surface area contributed by atoms with Gasteiger partial charge in [0.15, 0.2) is 0 Å². The second-order valence-electron chi connectivity index (χ2n) is 9.02. The molecule has 27 heavy (non-hydrogen) atoms. The van der Waals surface area contributed by atoms with Gasteiger partial charge in [-0.1, -0.05) is 13.8 Å². The Morgan fingerprint density at radius 2 is 1.67 bits per heavy atom. The molecule has 0 saturated carbocycles. The molecule has 2 unspecified atom stereocenters. The number of amides is 4. The van der Waals surface area contributed by atoms with Crippen LogP contribution in [0.4, 0.5) is 4.79 Å². The first kappa shape index (κ1) is 18.6. The van der Waals surface area contributed by atoms with Crippen molar-refractivity contribution in [3.8, 4) is 0 Å². The molecule has 3 atom stereocenters. The van der Waals surface area contributed by atoms with Gasteiger partial charge in [-0.2, -0.15) is 0 Å². The van der Waals surface area contributed by atoms with Crippen molar-refractivity contribution in [2.24, 2.45) is 17.8 Å². The van der Waals surface area contributed by atoms with Crippen LogP contribution in [0.15, 0.2) is 0 Å². The third-order valence-corrected chi connectivity index (χ3v) is 6.81. The van der Waals surface area contributed by atoms with Crippen LogP contribution in [0.25, 0.3) is 0 Å². The Morgan fingerprint density at radius 1 is 0.963 bits per heavy atom. The lowest BCUT2D eigenvalue weighted by atomic mass is 9.76. The summed E-state index contributed by atoms with van der Waals surface area (Å²) in [5.74, 6) is 1.34. The monoisotopic (exact) mass is 376 g/mol. The van der Waals surface area contributed by atoms with Crippen molar-refractivity contribution in [1.82, 2.24) is 19.6 Å². The second kappa shape index (κ2) is 7.32. The van der Waals surface area contributed by atoms with Crippen molar-refractivity contribution in [2.75, 3.05) is 45.8 Å². The van der Waals surface area contributed by atoms with E-state index < -0.39 is 0 Å². The molecule has 4 heterocycles. The summed E-state index contributed by atoms with van der Waals surface area (Å²) in [5, 5.41) is 0. The molecule has 4 aliphatic rings.